The lowest BCUT2D eigenvalue weighted by Gasteiger charge is -2.20. The Balaban J connectivity index is 1.65. The van der Waals surface area contributed by atoms with Gasteiger partial charge in [0.15, 0.2) is 6.61 Å². The molecule has 0 aliphatic heterocycles. The maximum absolute atomic E-state index is 12.6. The van der Waals surface area contributed by atoms with Crippen molar-refractivity contribution in [1.29, 1.82) is 0 Å². The fourth-order valence-electron chi connectivity index (χ4n) is 2.77. The van der Waals surface area contributed by atoms with Crippen LogP contribution in [0.1, 0.15) is 16.9 Å². The van der Waals surface area contributed by atoms with Crippen LogP contribution < -0.4 is 4.74 Å². The SMILES string of the molecule is C#CCN(Cc1ccco1)C(=O)COc1ccccc1Cc1ccccc1. The Bertz CT molecular complexity index is 895. The third-order valence-corrected chi connectivity index (χ3v) is 4.12. The minimum absolute atomic E-state index is 0.0752. The number of terminal acetylenes is 1. The van der Waals surface area contributed by atoms with Crippen LogP contribution in [0.2, 0.25) is 0 Å². The number of hydrogen-bond donors (Lipinski definition) is 0. The summed E-state index contributed by atoms with van der Waals surface area (Å²) in [6.45, 7) is 0.452. The minimum Gasteiger partial charge on any atom is -0.483 e. The lowest BCUT2D eigenvalue weighted by molar-refractivity contribution is -0.133. The Hall–Kier alpha value is -3.45. The third kappa shape index (κ3) is 5.26. The smallest absolute Gasteiger partial charge is 0.261 e. The molecule has 3 aromatic rings. The molecule has 1 amide bonds. The van der Waals surface area contributed by atoms with E-state index in [9.17, 15) is 4.79 Å². The van der Waals surface area contributed by atoms with Crippen molar-refractivity contribution < 1.29 is 13.9 Å². The molecule has 0 atom stereocenters. The average molecular weight is 359 g/mol. The molecular weight excluding hydrogens is 338 g/mol. The van der Waals surface area contributed by atoms with Crippen molar-refractivity contribution in [2.45, 2.75) is 13.0 Å². The van der Waals surface area contributed by atoms with E-state index in [1.165, 1.54) is 5.56 Å². The Morgan fingerprint density at radius 3 is 2.56 bits per heavy atom. The highest BCUT2D eigenvalue weighted by Crippen LogP contribution is 2.21. The summed E-state index contributed by atoms with van der Waals surface area (Å²) in [5.41, 5.74) is 2.22. The Kier molecular flexibility index (Phi) is 6.32. The number of nitrogens with zero attached hydrogens (tertiary/aromatic N) is 1. The van der Waals surface area contributed by atoms with Crippen LogP contribution in [0.3, 0.4) is 0 Å². The fraction of sp³-hybridized carbons (Fsp3) is 0.174. The molecule has 1 aromatic heterocycles. The van der Waals surface area contributed by atoms with Gasteiger partial charge >= 0.3 is 0 Å². The molecule has 0 unspecified atom stereocenters. The summed E-state index contributed by atoms with van der Waals surface area (Å²) in [5.74, 6) is 3.72. The summed E-state index contributed by atoms with van der Waals surface area (Å²) in [4.78, 5) is 14.1. The third-order valence-electron chi connectivity index (χ3n) is 4.12. The first kappa shape index (κ1) is 18.3. The second-order valence-corrected chi connectivity index (χ2v) is 6.09. The second kappa shape index (κ2) is 9.30. The second-order valence-electron chi connectivity index (χ2n) is 6.09. The molecule has 27 heavy (non-hydrogen) atoms. The molecule has 0 bridgehead atoms. The quantitative estimate of drug-likeness (QED) is 0.573. The average Bonchev–Trinajstić information content (AvgIpc) is 3.21. The lowest BCUT2D eigenvalue weighted by Crippen LogP contribution is -2.34. The highest BCUT2D eigenvalue weighted by atomic mass is 16.5. The van der Waals surface area contributed by atoms with Crippen LogP contribution in [0.4, 0.5) is 0 Å². The first-order valence-electron chi connectivity index (χ1n) is 8.74. The van der Waals surface area contributed by atoms with Crippen molar-refractivity contribution in [1.82, 2.24) is 4.90 Å². The molecule has 0 saturated carbocycles. The van der Waals surface area contributed by atoms with E-state index in [-0.39, 0.29) is 19.1 Å². The van der Waals surface area contributed by atoms with Gasteiger partial charge in [0.05, 0.1) is 19.4 Å². The van der Waals surface area contributed by atoms with Gasteiger partial charge in [-0.3, -0.25) is 4.79 Å². The van der Waals surface area contributed by atoms with Gasteiger partial charge in [-0.1, -0.05) is 54.5 Å². The van der Waals surface area contributed by atoms with Crippen molar-refractivity contribution in [3.63, 3.8) is 0 Å². The predicted molar refractivity (Wildman–Crippen MR) is 104 cm³/mol. The van der Waals surface area contributed by atoms with Crippen LogP contribution >= 0.6 is 0 Å². The summed E-state index contributed by atoms with van der Waals surface area (Å²) in [6.07, 6.45) is 7.71. The Morgan fingerprint density at radius 2 is 1.81 bits per heavy atom. The van der Waals surface area contributed by atoms with Crippen LogP contribution in [0.25, 0.3) is 0 Å². The van der Waals surface area contributed by atoms with Gasteiger partial charge in [0.1, 0.15) is 11.5 Å². The summed E-state index contributed by atoms with van der Waals surface area (Å²) < 4.78 is 11.1. The van der Waals surface area contributed by atoms with Crippen molar-refractivity contribution >= 4 is 5.91 Å². The van der Waals surface area contributed by atoms with Crippen molar-refractivity contribution in [3.05, 3.63) is 89.9 Å². The summed E-state index contributed by atoms with van der Waals surface area (Å²) >= 11 is 0. The number of rotatable bonds is 8. The lowest BCUT2D eigenvalue weighted by atomic mass is 10.0. The number of amides is 1. The molecule has 0 N–H and O–H groups in total. The van der Waals surface area contributed by atoms with Gasteiger partial charge in [-0.25, -0.2) is 0 Å². The highest BCUT2D eigenvalue weighted by molar-refractivity contribution is 5.78. The zero-order chi connectivity index (χ0) is 18.9. The number of carbonyl (C=O) groups excluding carboxylic acids is 1. The number of para-hydroxylation sites is 1. The molecule has 0 aliphatic carbocycles. The first-order chi connectivity index (χ1) is 13.3. The molecule has 3 rings (SSSR count). The molecule has 1 heterocycles. The number of carbonyl (C=O) groups is 1. The summed E-state index contributed by atoms with van der Waals surface area (Å²) in [7, 11) is 0. The number of furan rings is 1. The number of ether oxygens (including phenoxy) is 1. The van der Waals surface area contributed by atoms with Crippen molar-refractivity contribution in [3.8, 4) is 18.1 Å². The molecule has 0 fully saturated rings. The normalized spacial score (nSPS) is 10.2. The van der Waals surface area contributed by atoms with Crippen molar-refractivity contribution in [2.24, 2.45) is 0 Å². The van der Waals surface area contributed by atoms with Crippen LogP contribution in [-0.2, 0) is 17.8 Å². The topological polar surface area (TPSA) is 42.7 Å². The Morgan fingerprint density at radius 1 is 1.04 bits per heavy atom. The van der Waals surface area contributed by atoms with E-state index >= 15 is 0 Å². The van der Waals surface area contributed by atoms with Crippen LogP contribution in [-0.4, -0.2) is 24.0 Å². The monoisotopic (exact) mass is 359 g/mol. The van der Waals surface area contributed by atoms with Gasteiger partial charge in [-0.15, -0.1) is 6.42 Å². The maximum Gasteiger partial charge on any atom is 0.261 e. The minimum atomic E-state index is -0.182. The molecule has 0 spiro atoms. The van der Waals surface area contributed by atoms with Gasteiger partial charge in [0.25, 0.3) is 5.91 Å². The largest absolute Gasteiger partial charge is 0.483 e. The summed E-state index contributed by atoms with van der Waals surface area (Å²) in [6, 6.07) is 21.5. The van der Waals surface area contributed by atoms with Crippen molar-refractivity contribution in [2.75, 3.05) is 13.2 Å². The zero-order valence-corrected chi connectivity index (χ0v) is 15.0. The molecule has 0 radical (unpaired) electrons. The first-order valence-corrected chi connectivity index (χ1v) is 8.74. The predicted octanol–water partition coefficient (Wildman–Crippen LogP) is 3.91. The van der Waals surface area contributed by atoms with E-state index in [1.54, 1.807) is 17.2 Å². The van der Waals surface area contributed by atoms with Crippen LogP contribution in [0, 0.1) is 12.3 Å². The van der Waals surface area contributed by atoms with E-state index < -0.39 is 0 Å². The van der Waals surface area contributed by atoms with Crippen LogP contribution in [0.5, 0.6) is 5.75 Å². The van der Waals surface area contributed by atoms with E-state index in [1.807, 2.05) is 48.5 Å². The standard InChI is InChI=1S/C23H21NO3/c1-2-14-24(17-21-12-8-15-26-21)23(25)18-27-22-13-7-6-11-20(22)16-19-9-4-3-5-10-19/h1,3-13,15H,14,16-18H2. The molecule has 0 saturated heterocycles. The van der Waals surface area contributed by atoms with Gasteiger partial charge < -0.3 is 14.1 Å². The number of hydrogen-bond acceptors (Lipinski definition) is 3. The Labute approximate surface area is 159 Å². The molecule has 0 aliphatic rings. The molecule has 4 nitrogen and oxygen atoms in total. The molecular formula is C23H21NO3. The van der Waals surface area contributed by atoms with Gasteiger partial charge in [0, 0.05) is 6.42 Å². The highest BCUT2D eigenvalue weighted by Gasteiger charge is 2.16. The van der Waals surface area contributed by atoms with Gasteiger partial charge in [0.2, 0.25) is 0 Å². The zero-order valence-electron chi connectivity index (χ0n) is 15.0. The van der Waals surface area contributed by atoms with E-state index in [0.717, 1.165) is 12.0 Å². The number of benzene rings is 2. The van der Waals surface area contributed by atoms with Gasteiger partial charge in [-0.05, 0) is 29.3 Å². The molecule has 2 aromatic carbocycles. The van der Waals surface area contributed by atoms with Crippen LogP contribution in [0.15, 0.2) is 77.4 Å². The molecule has 136 valence electrons. The van der Waals surface area contributed by atoms with Gasteiger partial charge in [-0.2, -0.15) is 0 Å². The summed E-state index contributed by atoms with van der Waals surface area (Å²) in [5, 5.41) is 0. The maximum atomic E-state index is 12.6. The fourth-order valence-corrected chi connectivity index (χ4v) is 2.77. The van der Waals surface area contributed by atoms with E-state index in [2.05, 4.69) is 18.1 Å². The van der Waals surface area contributed by atoms with E-state index in [0.29, 0.717) is 18.1 Å². The van der Waals surface area contributed by atoms with E-state index in [4.69, 9.17) is 15.6 Å². The molecule has 4 heteroatoms.